The Balaban J connectivity index is 3.09. The van der Waals surface area contributed by atoms with Crippen molar-refractivity contribution in [1.29, 1.82) is 5.41 Å². The molecule has 1 rings (SSSR count). The van der Waals surface area contributed by atoms with E-state index in [9.17, 15) is 4.79 Å². The molecule has 0 aliphatic rings. The summed E-state index contributed by atoms with van der Waals surface area (Å²) in [5.41, 5.74) is 5.33. The molecule has 3 N–H and O–H groups in total. The van der Waals surface area contributed by atoms with Gasteiger partial charge in [-0.1, -0.05) is 13.8 Å². The maximum Gasteiger partial charge on any atom is 0.293 e. The summed E-state index contributed by atoms with van der Waals surface area (Å²) in [5.74, 6) is 0.964. The standard InChI is InChI=1S/C14H25N5O/c1-10(2)9-18(7-5-12(15)16)13-14(20)19(11(3)4)8-6-17-13/h6,8,10-11H,5,7,9H2,1-4H3,(H3,15,16). The number of rotatable bonds is 7. The van der Waals surface area contributed by atoms with Crippen LogP contribution in [0, 0.1) is 11.3 Å². The first kappa shape index (κ1) is 16.2. The van der Waals surface area contributed by atoms with Gasteiger partial charge in [0.25, 0.3) is 5.56 Å². The predicted octanol–water partition coefficient (Wildman–Crippen LogP) is 1.61. The lowest BCUT2D eigenvalue weighted by atomic mass is 10.2. The maximum absolute atomic E-state index is 12.5. The molecule has 0 fully saturated rings. The van der Waals surface area contributed by atoms with Crippen molar-refractivity contribution in [3.05, 3.63) is 22.7 Å². The Morgan fingerprint density at radius 2 is 2.10 bits per heavy atom. The molecule has 0 aliphatic carbocycles. The second-order valence-electron chi connectivity index (χ2n) is 5.67. The Morgan fingerprint density at radius 1 is 1.45 bits per heavy atom. The lowest BCUT2D eigenvalue weighted by Gasteiger charge is -2.25. The molecule has 6 heteroatoms. The van der Waals surface area contributed by atoms with Crippen LogP contribution in [-0.4, -0.2) is 28.5 Å². The molecule has 112 valence electrons. The van der Waals surface area contributed by atoms with Gasteiger partial charge in [0.15, 0.2) is 5.82 Å². The summed E-state index contributed by atoms with van der Waals surface area (Å²) in [4.78, 5) is 18.6. The lowest BCUT2D eigenvalue weighted by molar-refractivity contribution is 0.561. The molecule has 0 amide bonds. The van der Waals surface area contributed by atoms with Crippen LogP contribution in [0.15, 0.2) is 17.2 Å². The van der Waals surface area contributed by atoms with Gasteiger partial charge in [0.05, 0.1) is 5.84 Å². The summed E-state index contributed by atoms with van der Waals surface area (Å²) in [6.45, 7) is 9.37. The third-order valence-corrected chi connectivity index (χ3v) is 2.94. The number of nitrogens with two attached hydrogens (primary N) is 1. The summed E-state index contributed by atoms with van der Waals surface area (Å²) in [6, 6.07) is 0.0953. The van der Waals surface area contributed by atoms with Crippen LogP contribution in [0.4, 0.5) is 5.82 Å². The first-order chi connectivity index (χ1) is 9.32. The van der Waals surface area contributed by atoms with Crippen molar-refractivity contribution in [2.24, 2.45) is 11.7 Å². The summed E-state index contributed by atoms with van der Waals surface area (Å²) in [7, 11) is 0. The highest BCUT2D eigenvalue weighted by atomic mass is 16.1. The zero-order valence-electron chi connectivity index (χ0n) is 12.8. The van der Waals surface area contributed by atoms with Gasteiger partial charge in [-0.2, -0.15) is 0 Å². The minimum absolute atomic E-state index is 0.0910. The van der Waals surface area contributed by atoms with Crippen molar-refractivity contribution in [2.45, 2.75) is 40.2 Å². The van der Waals surface area contributed by atoms with Crippen molar-refractivity contribution in [3.63, 3.8) is 0 Å². The Bertz CT molecular complexity index is 507. The quantitative estimate of drug-likeness (QED) is 0.586. The van der Waals surface area contributed by atoms with Crippen LogP contribution >= 0.6 is 0 Å². The summed E-state index contributed by atoms with van der Waals surface area (Å²) < 4.78 is 1.67. The third-order valence-electron chi connectivity index (χ3n) is 2.94. The fourth-order valence-corrected chi connectivity index (χ4v) is 2.02. The van der Waals surface area contributed by atoms with Crippen LogP contribution in [0.25, 0.3) is 0 Å². The van der Waals surface area contributed by atoms with Crippen molar-refractivity contribution < 1.29 is 0 Å². The van der Waals surface area contributed by atoms with Gasteiger partial charge < -0.3 is 15.2 Å². The molecule has 0 spiro atoms. The number of amidine groups is 1. The number of hydrogen-bond acceptors (Lipinski definition) is 4. The van der Waals surface area contributed by atoms with Gasteiger partial charge in [0.2, 0.25) is 0 Å². The normalized spacial score (nSPS) is 11.1. The molecule has 0 bridgehead atoms. The minimum atomic E-state index is -0.0910. The van der Waals surface area contributed by atoms with Crippen LogP contribution in [0.5, 0.6) is 0 Å². The van der Waals surface area contributed by atoms with Crippen molar-refractivity contribution in [2.75, 3.05) is 18.0 Å². The Hall–Kier alpha value is -1.85. The van der Waals surface area contributed by atoms with E-state index in [0.29, 0.717) is 24.7 Å². The van der Waals surface area contributed by atoms with Gasteiger partial charge in [-0.15, -0.1) is 0 Å². The fourth-order valence-electron chi connectivity index (χ4n) is 2.02. The molecule has 0 saturated heterocycles. The lowest BCUT2D eigenvalue weighted by Crippen LogP contribution is -2.38. The molecule has 1 aromatic heterocycles. The molecule has 0 saturated carbocycles. The van der Waals surface area contributed by atoms with Crippen LogP contribution in [0.3, 0.4) is 0 Å². The largest absolute Gasteiger partial charge is 0.388 e. The second kappa shape index (κ2) is 7.07. The molecule has 0 atom stereocenters. The predicted molar refractivity (Wildman–Crippen MR) is 82.5 cm³/mol. The molecule has 1 aromatic rings. The van der Waals surface area contributed by atoms with Crippen molar-refractivity contribution in [3.8, 4) is 0 Å². The second-order valence-corrected chi connectivity index (χ2v) is 5.67. The van der Waals surface area contributed by atoms with Gasteiger partial charge in [-0.05, 0) is 19.8 Å². The molecule has 0 aromatic carbocycles. The highest BCUT2D eigenvalue weighted by Crippen LogP contribution is 2.10. The van der Waals surface area contributed by atoms with Crippen LogP contribution in [0.2, 0.25) is 0 Å². The van der Waals surface area contributed by atoms with Crippen LogP contribution in [0.1, 0.15) is 40.2 Å². The number of nitrogens with one attached hydrogen (secondary N) is 1. The zero-order chi connectivity index (χ0) is 15.3. The average Bonchev–Trinajstić information content (AvgIpc) is 2.34. The zero-order valence-corrected chi connectivity index (χ0v) is 12.8. The van der Waals surface area contributed by atoms with E-state index in [-0.39, 0.29) is 17.4 Å². The summed E-state index contributed by atoms with van der Waals surface area (Å²) in [6.07, 6.45) is 3.79. The smallest absolute Gasteiger partial charge is 0.293 e. The first-order valence-electron chi connectivity index (χ1n) is 6.98. The Morgan fingerprint density at radius 3 is 2.60 bits per heavy atom. The van der Waals surface area contributed by atoms with E-state index in [1.165, 1.54) is 0 Å². The monoisotopic (exact) mass is 279 g/mol. The van der Waals surface area contributed by atoms with Gasteiger partial charge in [-0.3, -0.25) is 10.2 Å². The van der Waals surface area contributed by atoms with E-state index >= 15 is 0 Å². The van der Waals surface area contributed by atoms with E-state index in [1.807, 2.05) is 18.7 Å². The molecule has 1 heterocycles. The Kier molecular flexibility index (Phi) is 5.73. The summed E-state index contributed by atoms with van der Waals surface area (Å²) >= 11 is 0. The van der Waals surface area contributed by atoms with E-state index in [0.717, 1.165) is 6.54 Å². The third kappa shape index (κ3) is 4.36. The van der Waals surface area contributed by atoms with Gasteiger partial charge >= 0.3 is 0 Å². The SMILES string of the molecule is CC(C)CN(CCC(=N)N)c1nccn(C(C)C)c1=O. The molecule has 0 aliphatic heterocycles. The highest BCUT2D eigenvalue weighted by molar-refractivity contribution is 5.77. The highest BCUT2D eigenvalue weighted by Gasteiger charge is 2.16. The van der Waals surface area contributed by atoms with Crippen LogP contribution in [-0.2, 0) is 0 Å². The Labute approximate surface area is 120 Å². The first-order valence-corrected chi connectivity index (χ1v) is 6.98. The van der Waals surface area contributed by atoms with E-state index < -0.39 is 0 Å². The summed E-state index contributed by atoms with van der Waals surface area (Å²) in [5, 5.41) is 7.34. The average molecular weight is 279 g/mol. The maximum atomic E-state index is 12.5. The number of hydrogen-bond donors (Lipinski definition) is 2. The molecule has 0 radical (unpaired) electrons. The molecule has 6 nitrogen and oxygen atoms in total. The number of anilines is 1. The minimum Gasteiger partial charge on any atom is -0.388 e. The molecular weight excluding hydrogens is 254 g/mol. The van der Waals surface area contributed by atoms with E-state index in [4.69, 9.17) is 11.1 Å². The van der Waals surface area contributed by atoms with Gasteiger partial charge in [0, 0.05) is 37.9 Å². The van der Waals surface area contributed by atoms with Crippen LogP contribution < -0.4 is 16.2 Å². The molecular formula is C14H25N5O. The number of aromatic nitrogens is 2. The topological polar surface area (TPSA) is 88.0 Å². The van der Waals surface area contributed by atoms with Gasteiger partial charge in [-0.25, -0.2) is 4.98 Å². The van der Waals surface area contributed by atoms with E-state index in [2.05, 4.69) is 18.8 Å². The molecule has 20 heavy (non-hydrogen) atoms. The van der Waals surface area contributed by atoms with Crippen molar-refractivity contribution in [1.82, 2.24) is 9.55 Å². The van der Waals surface area contributed by atoms with Crippen molar-refractivity contribution >= 4 is 11.7 Å². The molecule has 0 unspecified atom stereocenters. The fraction of sp³-hybridized carbons (Fsp3) is 0.643. The van der Waals surface area contributed by atoms with Gasteiger partial charge in [0.1, 0.15) is 0 Å². The number of nitrogens with zero attached hydrogens (tertiary/aromatic N) is 3. The van der Waals surface area contributed by atoms with E-state index in [1.54, 1.807) is 17.0 Å².